The predicted molar refractivity (Wildman–Crippen MR) is 82.2 cm³/mol. The molecule has 0 amide bonds. The highest BCUT2D eigenvalue weighted by molar-refractivity contribution is 5.98. The first kappa shape index (κ1) is 13.4. The molecule has 0 fully saturated rings. The maximum atomic E-state index is 11.9. The molecule has 0 saturated carbocycles. The largest absolute Gasteiger partial charge is 0.465 e. The Kier molecular flexibility index (Phi) is 3.44. The molecule has 0 bridgehead atoms. The molecule has 3 aromatic rings. The first-order chi connectivity index (χ1) is 10.3. The third-order valence-electron chi connectivity index (χ3n) is 3.66. The molecule has 0 atom stereocenters. The molecule has 106 valence electrons. The molecule has 0 radical (unpaired) electrons. The van der Waals surface area contributed by atoms with Crippen molar-refractivity contribution in [3.05, 3.63) is 53.9 Å². The monoisotopic (exact) mass is 280 g/mol. The van der Waals surface area contributed by atoms with Crippen molar-refractivity contribution in [2.75, 3.05) is 7.11 Å². The molecule has 0 saturated heterocycles. The van der Waals surface area contributed by atoms with Crippen LogP contribution in [0.25, 0.3) is 22.2 Å². The molecule has 4 heteroatoms. The number of hydrogen-bond donors (Lipinski definition) is 1. The van der Waals surface area contributed by atoms with Gasteiger partial charge in [-0.05, 0) is 24.1 Å². The summed E-state index contributed by atoms with van der Waals surface area (Å²) in [6.45, 7) is 2.02. The van der Waals surface area contributed by atoms with Gasteiger partial charge in [0.05, 0.1) is 18.4 Å². The van der Waals surface area contributed by atoms with Gasteiger partial charge in [0.25, 0.3) is 0 Å². The van der Waals surface area contributed by atoms with Crippen LogP contribution in [0.4, 0.5) is 0 Å². The number of H-pyrrole nitrogens is 1. The summed E-state index contributed by atoms with van der Waals surface area (Å²) in [6.07, 6.45) is 4.31. The van der Waals surface area contributed by atoms with Crippen LogP contribution in [-0.2, 0) is 11.2 Å². The second kappa shape index (κ2) is 5.40. The van der Waals surface area contributed by atoms with Crippen LogP contribution in [0, 0.1) is 0 Å². The van der Waals surface area contributed by atoms with E-state index in [0.29, 0.717) is 12.0 Å². The number of nitrogens with one attached hydrogen (secondary N) is 1. The summed E-state index contributed by atoms with van der Waals surface area (Å²) < 4.78 is 4.86. The third kappa shape index (κ3) is 2.18. The minimum absolute atomic E-state index is 0.324. The van der Waals surface area contributed by atoms with Crippen LogP contribution in [-0.4, -0.2) is 23.0 Å². The fourth-order valence-corrected chi connectivity index (χ4v) is 2.65. The number of nitrogens with zero attached hydrogens (tertiary/aromatic N) is 1. The molecule has 21 heavy (non-hydrogen) atoms. The first-order valence-corrected chi connectivity index (χ1v) is 6.89. The Hall–Kier alpha value is -2.62. The second-order valence-electron chi connectivity index (χ2n) is 4.78. The fourth-order valence-electron chi connectivity index (χ4n) is 2.65. The SMILES string of the molecule is CCc1c(C(=O)OC)ccnc1-c1c[nH]c2ccccc12. The summed E-state index contributed by atoms with van der Waals surface area (Å²) in [7, 11) is 1.40. The van der Waals surface area contributed by atoms with Gasteiger partial charge < -0.3 is 9.72 Å². The van der Waals surface area contributed by atoms with Gasteiger partial charge in [0, 0.05) is 28.9 Å². The molecule has 0 aliphatic rings. The van der Waals surface area contributed by atoms with Crippen LogP contribution in [0.5, 0.6) is 0 Å². The number of hydrogen-bond acceptors (Lipinski definition) is 3. The Morgan fingerprint density at radius 3 is 2.86 bits per heavy atom. The number of methoxy groups -OCH3 is 1. The Bertz CT molecular complexity index is 805. The van der Waals surface area contributed by atoms with Gasteiger partial charge in [0.1, 0.15) is 0 Å². The number of benzene rings is 1. The molecular formula is C17H16N2O2. The molecule has 0 unspecified atom stereocenters. The number of para-hydroxylation sites is 1. The van der Waals surface area contributed by atoms with E-state index < -0.39 is 0 Å². The topological polar surface area (TPSA) is 55.0 Å². The van der Waals surface area contributed by atoms with E-state index in [1.807, 2.05) is 37.4 Å². The normalized spacial score (nSPS) is 10.8. The van der Waals surface area contributed by atoms with Crippen molar-refractivity contribution in [2.24, 2.45) is 0 Å². The number of rotatable bonds is 3. The Balaban J connectivity index is 2.25. The molecule has 2 heterocycles. The summed E-state index contributed by atoms with van der Waals surface area (Å²) in [6, 6.07) is 9.77. The van der Waals surface area contributed by atoms with Crippen LogP contribution in [0.15, 0.2) is 42.7 Å². The number of aromatic amines is 1. The smallest absolute Gasteiger partial charge is 0.338 e. The quantitative estimate of drug-likeness (QED) is 0.746. The van der Waals surface area contributed by atoms with E-state index in [1.54, 1.807) is 12.3 Å². The summed E-state index contributed by atoms with van der Waals surface area (Å²) in [5.74, 6) is -0.324. The standard InChI is InChI=1S/C17H16N2O2/c1-3-11-13(17(20)21-2)8-9-18-16(11)14-10-19-15-7-5-4-6-12(14)15/h4-10,19H,3H2,1-2H3. The molecule has 2 aromatic heterocycles. The van der Waals surface area contributed by atoms with Crippen LogP contribution in [0.1, 0.15) is 22.8 Å². The molecule has 1 aromatic carbocycles. The van der Waals surface area contributed by atoms with Gasteiger partial charge in [-0.3, -0.25) is 4.98 Å². The highest BCUT2D eigenvalue weighted by Gasteiger charge is 2.18. The van der Waals surface area contributed by atoms with Gasteiger partial charge in [-0.2, -0.15) is 0 Å². The molecular weight excluding hydrogens is 264 g/mol. The zero-order valence-corrected chi connectivity index (χ0v) is 12.0. The Morgan fingerprint density at radius 1 is 1.29 bits per heavy atom. The van der Waals surface area contributed by atoms with E-state index in [1.165, 1.54) is 7.11 Å². The zero-order valence-electron chi connectivity index (χ0n) is 12.0. The van der Waals surface area contributed by atoms with Gasteiger partial charge in [0.15, 0.2) is 0 Å². The van der Waals surface area contributed by atoms with Gasteiger partial charge in [-0.1, -0.05) is 25.1 Å². The maximum Gasteiger partial charge on any atom is 0.338 e. The van der Waals surface area contributed by atoms with Crippen molar-refractivity contribution in [3.8, 4) is 11.3 Å². The molecule has 1 N–H and O–H groups in total. The maximum absolute atomic E-state index is 11.9. The van der Waals surface area contributed by atoms with Crippen LogP contribution >= 0.6 is 0 Å². The highest BCUT2D eigenvalue weighted by Crippen LogP contribution is 2.31. The summed E-state index contributed by atoms with van der Waals surface area (Å²) >= 11 is 0. The molecule has 3 rings (SSSR count). The number of esters is 1. The fraction of sp³-hybridized carbons (Fsp3) is 0.176. The number of fused-ring (bicyclic) bond motifs is 1. The lowest BCUT2D eigenvalue weighted by Crippen LogP contribution is -2.07. The Morgan fingerprint density at radius 2 is 2.10 bits per heavy atom. The predicted octanol–water partition coefficient (Wildman–Crippen LogP) is 3.58. The number of pyridine rings is 1. The lowest BCUT2D eigenvalue weighted by Gasteiger charge is -2.10. The molecule has 0 spiro atoms. The van der Waals surface area contributed by atoms with Crippen molar-refractivity contribution in [2.45, 2.75) is 13.3 Å². The van der Waals surface area contributed by atoms with Gasteiger partial charge in [-0.25, -0.2) is 4.79 Å². The summed E-state index contributed by atoms with van der Waals surface area (Å²) in [5, 5.41) is 1.10. The van der Waals surface area contributed by atoms with Crippen molar-refractivity contribution in [3.63, 3.8) is 0 Å². The molecule has 4 nitrogen and oxygen atoms in total. The van der Waals surface area contributed by atoms with Gasteiger partial charge >= 0.3 is 5.97 Å². The highest BCUT2D eigenvalue weighted by atomic mass is 16.5. The molecule has 0 aliphatic heterocycles. The van der Waals surface area contributed by atoms with E-state index in [4.69, 9.17) is 4.74 Å². The zero-order chi connectivity index (χ0) is 14.8. The molecule has 0 aliphatic carbocycles. The van der Waals surface area contributed by atoms with Crippen LogP contribution in [0.2, 0.25) is 0 Å². The summed E-state index contributed by atoms with van der Waals surface area (Å²) in [4.78, 5) is 19.7. The average molecular weight is 280 g/mol. The second-order valence-corrected chi connectivity index (χ2v) is 4.78. The number of aromatic nitrogens is 2. The first-order valence-electron chi connectivity index (χ1n) is 6.89. The van der Waals surface area contributed by atoms with Crippen molar-refractivity contribution in [1.82, 2.24) is 9.97 Å². The van der Waals surface area contributed by atoms with E-state index in [-0.39, 0.29) is 5.97 Å². The minimum atomic E-state index is -0.324. The van der Waals surface area contributed by atoms with E-state index in [2.05, 4.69) is 9.97 Å². The van der Waals surface area contributed by atoms with Crippen LogP contribution in [0.3, 0.4) is 0 Å². The lowest BCUT2D eigenvalue weighted by molar-refractivity contribution is 0.0599. The van der Waals surface area contributed by atoms with Gasteiger partial charge in [0.2, 0.25) is 0 Å². The lowest BCUT2D eigenvalue weighted by atomic mass is 9.98. The van der Waals surface area contributed by atoms with E-state index in [9.17, 15) is 4.79 Å². The minimum Gasteiger partial charge on any atom is -0.465 e. The number of carbonyl (C=O) groups excluding carboxylic acids is 1. The van der Waals surface area contributed by atoms with Crippen LogP contribution < -0.4 is 0 Å². The van der Waals surface area contributed by atoms with Crippen molar-refractivity contribution in [1.29, 1.82) is 0 Å². The average Bonchev–Trinajstić information content (AvgIpc) is 2.97. The van der Waals surface area contributed by atoms with Crippen molar-refractivity contribution < 1.29 is 9.53 Å². The van der Waals surface area contributed by atoms with Gasteiger partial charge in [-0.15, -0.1) is 0 Å². The number of ether oxygens (including phenoxy) is 1. The van der Waals surface area contributed by atoms with Crippen molar-refractivity contribution >= 4 is 16.9 Å². The van der Waals surface area contributed by atoms with E-state index >= 15 is 0 Å². The summed E-state index contributed by atoms with van der Waals surface area (Å²) in [5.41, 5.74) is 4.38. The Labute approximate surface area is 122 Å². The van der Waals surface area contributed by atoms with E-state index in [0.717, 1.165) is 27.7 Å². The third-order valence-corrected chi connectivity index (χ3v) is 3.66. The number of carbonyl (C=O) groups is 1.